The van der Waals surface area contributed by atoms with E-state index in [0.717, 1.165) is 12.8 Å². The molecule has 2 rings (SSSR count). The molecule has 17 heavy (non-hydrogen) atoms. The van der Waals surface area contributed by atoms with Gasteiger partial charge < -0.3 is 5.32 Å². The molecular weight excluding hydrogens is 262 g/mol. The average molecular weight is 273 g/mol. The number of rotatable bonds is 4. The second kappa shape index (κ2) is 4.72. The van der Waals surface area contributed by atoms with Crippen LogP contribution < -0.4 is 5.32 Å². The van der Waals surface area contributed by atoms with Crippen LogP contribution in [0.25, 0.3) is 0 Å². The summed E-state index contributed by atoms with van der Waals surface area (Å²) in [6.07, 6.45) is 2.65. The molecule has 1 aromatic carbocycles. The van der Waals surface area contributed by atoms with Crippen LogP contribution in [0.2, 0.25) is 10.0 Å². The van der Waals surface area contributed by atoms with Crippen LogP contribution in [-0.4, -0.2) is 6.54 Å². The van der Waals surface area contributed by atoms with E-state index in [0.29, 0.717) is 18.7 Å². The standard InChI is InChI=1S/C12H11Cl2FN2/c13-9-5-8(6-10(14)11(9)15)17-7-12(1-2-12)3-4-16/h5-6,17H,1-3,7H2. The van der Waals surface area contributed by atoms with Gasteiger partial charge in [-0.2, -0.15) is 5.26 Å². The predicted molar refractivity (Wildman–Crippen MR) is 66.8 cm³/mol. The largest absolute Gasteiger partial charge is 0.384 e. The van der Waals surface area contributed by atoms with Gasteiger partial charge in [-0.15, -0.1) is 0 Å². The summed E-state index contributed by atoms with van der Waals surface area (Å²) in [6, 6.07) is 5.20. The minimum absolute atomic E-state index is 0.00475. The summed E-state index contributed by atoms with van der Waals surface area (Å²) in [6.45, 7) is 0.693. The third kappa shape index (κ3) is 2.83. The van der Waals surface area contributed by atoms with Crippen molar-refractivity contribution in [2.75, 3.05) is 11.9 Å². The Bertz CT molecular complexity index is 455. The number of hydrogen-bond acceptors (Lipinski definition) is 2. The van der Waals surface area contributed by atoms with Crippen LogP contribution >= 0.6 is 23.2 Å². The van der Waals surface area contributed by atoms with Crippen molar-refractivity contribution in [3.05, 3.63) is 28.0 Å². The lowest BCUT2D eigenvalue weighted by Gasteiger charge is -2.14. The van der Waals surface area contributed by atoms with E-state index in [4.69, 9.17) is 28.5 Å². The van der Waals surface area contributed by atoms with Gasteiger partial charge in [0.1, 0.15) is 0 Å². The Morgan fingerprint density at radius 2 is 1.94 bits per heavy atom. The molecule has 1 fully saturated rings. The van der Waals surface area contributed by atoms with E-state index >= 15 is 0 Å². The number of hydrogen-bond donors (Lipinski definition) is 1. The molecule has 5 heteroatoms. The molecule has 0 spiro atoms. The summed E-state index contributed by atoms with van der Waals surface area (Å²) >= 11 is 11.4. The highest BCUT2D eigenvalue weighted by atomic mass is 35.5. The van der Waals surface area contributed by atoms with Gasteiger partial charge in [-0.25, -0.2) is 4.39 Å². The van der Waals surface area contributed by atoms with Crippen molar-refractivity contribution in [2.24, 2.45) is 5.41 Å². The van der Waals surface area contributed by atoms with Gasteiger partial charge in [0.15, 0.2) is 5.82 Å². The number of nitriles is 1. The number of halogens is 3. The molecule has 1 aliphatic carbocycles. The van der Waals surface area contributed by atoms with Crippen LogP contribution in [0, 0.1) is 22.6 Å². The highest BCUT2D eigenvalue weighted by Gasteiger charge is 2.42. The predicted octanol–water partition coefficient (Wildman–Crippen LogP) is 4.24. The van der Waals surface area contributed by atoms with Gasteiger partial charge in [0.05, 0.1) is 16.1 Å². The quantitative estimate of drug-likeness (QED) is 0.833. The third-order valence-corrected chi connectivity index (χ3v) is 3.61. The summed E-state index contributed by atoms with van der Waals surface area (Å²) in [5.41, 5.74) is 0.771. The van der Waals surface area contributed by atoms with Crippen molar-refractivity contribution in [3.63, 3.8) is 0 Å². The van der Waals surface area contributed by atoms with E-state index in [1.165, 1.54) is 12.1 Å². The van der Waals surface area contributed by atoms with Crippen molar-refractivity contribution < 1.29 is 4.39 Å². The fraction of sp³-hybridized carbons (Fsp3) is 0.417. The molecule has 1 N–H and O–H groups in total. The Kier molecular flexibility index (Phi) is 3.46. The first-order chi connectivity index (χ1) is 8.06. The fourth-order valence-corrected chi connectivity index (χ4v) is 2.19. The first kappa shape index (κ1) is 12.5. The molecule has 0 aliphatic heterocycles. The van der Waals surface area contributed by atoms with Gasteiger partial charge in [-0.3, -0.25) is 0 Å². The van der Waals surface area contributed by atoms with Gasteiger partial charge >= 0.3 is 0 Å². The van der Waals surface area contributed by atoms with Crippen LogP contribution in [0.1, 0.15) is 19.3 Å². The lowest BCUT2D eigenvalue weighted by atomic mass is 10.0. The topological polar surface area (TPSA) is 35.8 Å². The molecule has 1 aliphatic rings. The third-order valence-electron chi connectivity index (χ3n) is 3.06. The van der Waals surface area contributed by atoms with Gasteiger partial charge in [0, 0.05) is 24.1 Å². The molecule has 0 heterocycles. The Morgan fingerprint density at radius 1 is 1.35 bits per heavy atom. The maximum absolute atomic E-state index is 13.2. The minimum atomic E-state index is -0.600. The molecule has 0 amide bonds. The summed E-state index contributed by atoms with van der Waals surface area (Å²) in [4.78, 5) is 0. The van der Waals surface area contributed by atoms with Crippen LogP contribution in [0.15, 0.2) is 12.1 Å². The van der Waals surface area contributed by atoms with Gasteiger partial charge in [-0.05, 0) is 25.0 Å². The molecule has 0 atom stereocenters. The molecule has 90 valence electrons. The second-order valence-corrected chi connectivity index (χ2v) is 5.26. The van der Waals surface area contributed by atoms with Crippen LogP contribution in [-0.2, 0) is 0 Å². The van der Waals surface area contributed by atoms with Crippen molar-refractivity contribution in [2.45, 2.75) is 19.3 Å². The van der Waals surface area contributed by atoms with Crippen molar-refractivity contribution >= 4 is 28.9 Å². The van der Waals surface area contributed by atoms with E-state index in [-0.39, 0.29) is 15.5 Å². The highest BCUT2D eigenvalue weighted by Crippen LogP contribution is 2.48. The summed E-state index contributed by atoms with van der Waals surface area (Å²) in [5, 5.41) is 11.9. The van der Waals surface area contributed by atoms with Gasteiger partial charge in [0.2, 0.25) is 0 Å². The maximum Gasteiger partial charge on any atom is 0.160 e. The first-order valence-electron chi connectivity index (χ1n) is 5.32. The Balaban J connectivity index is 2.03. The number of anilines is 1. The Labute approximate surface area is 109 Å². The van der Waals surface area contributed by atoms with Gasteiger partial charge in [-0.1, -0.05) is 23.2 Å². The number of benzene rings is 1. The van der Waals surface area contributed by atoms with Crippen LogP contribution in [0.4, 0.5) is 10.1 Å². The number of nitrogens with one attached hydrogen (secondary N) is 1. The van der Waals surface area contributed by atoms with Crippen molar-refractivity contribution in [1.82, 2.24) is 0 Å². The highest BCUT2D eigenvalue weighted by molar-refractivity contribution is 6.35. The monoisotopic (exact) mass is 272 g/mol. The average Bonchev–Trinajstić information content (AvgIpc) is 3.04. The Hall–Kier alpha value is -0.980. The maximum atomic E-state index is 13.2. The van der Waals surface area contributed by atoms with E-state index in [1.54, 1.807) is 0 Å². The fourth-order valence-electron chi connectivity index (χ4n) is 1.71. The SMILES string of the molecule is N#CCC1(CNc2cc(Cl)c(F)c(Cl)c2)CC1. The smallest absolute Gasteiger partial charge is 0.160 e. The molecule has 1 saturated carbocycles. The lowest BCUT2D eigenvalue weighted by Crippen LogP contribution is -2.14. The van der Waals surface area contributed by atoms with Gasteiger partial charge in [0.25, 0.3) is 0 Å². The molecule has 0 bridgehead atoms. The molecule has 0 aromatic heterocycles. The minimum Gasteiger partial charge on any atom is -0.384 e. The van der Waals surface area contributed by atoms with Crippen molar-refractivity contribution in [1.29, 1.82) is 5.26 Å². The molecule has 1 aromatic rings. The first-order valence-corrected chi connectivity index (χ1v) is 6.07. The lowest BCUT2D eigenvalue weighted by molar-refractivity contribution is 0.557. The zero-order valence-corrected chi connectivity index (χ0v) is 10.6. The van der Waals surface area contributed by atoms with Crippen LogP contribution in [0.3, 0.4) is 0 Å². The van der Waals surface area contributed by atoms with E-state index in [1.807, 2.05) is 0 Å². The normalized spacial score (nSPS) is 16.4. The van der Waals surface area contributed by atoms with E-state index in [9.17, 15) is 4.39 Å². The molecule has 0 unspecified atom stereocenters. The summed E-state index contributed by atoms with van der Waals surface area (Å²) < 4.78 is 13.2. The zero-order valence-electron chi connectivity index (χ0n) is 9.06. The molecule has 0 radical (unpaired) electrons. The molecule has 2 nitrogen and oxygen atoms in total. The number of nitrogens with zero attached hydrogens (tertiary/aromatic N) is 1. The molecule has 0 saturated heterocycles. The second-order valence-electron chi connectivity index (χ2n) is 4.44. The summed E-state index contributed by atoms with van der Waals surface area (Å²) in [7, 11) is 0. The summed E-state index contributed by atoms with van der Waals surface area (Å²) in [5.74, 6) is -0.600. The molecular formula is C12H11Cl2FN2. The van der Waals surface area contributed by atoms with Crippen molar-refractivity contribution in [3.8, 4) is 6.07 Å². The van der Waals surface area contributed by atoms with E-state index in [2.05, 4.69) is 11.4 Å². The zero-order chi connectivity index (χ0) is 12.5. The Morgan fingerprint density at radius 3 is 2.41 bits per heavy atom. The van der Waals surface area contributed by atoms with E-state index < -0.39 is 5.82 Å². The van der Waals surface area contributed by atoms with Crippen LogP contribution in [0.5, 0.6) is 0 Å².